The summed E-state index contributed by atoms with van der Waals surface area (Å²) in [6.07, 6.45) is -13.7. The first-order valence-electron chi connectivity index (χ1n) is 33.5. The van der Waals surface area contributed by atoms with E-state index in [0.29, 0.717) is 6.42 Å². The summed E-state index contributed by atoms with van der Waals surface area (Å²) < 4.78 is 111. The molecule has 0 radical (unpaired) electrons. The predicted octanol–water partition coefficient (Wildman–Crippen LogP) is 0.221. The standard InChI is InChI=1S/C56H78N17O26P5S6/c1-23(2)28-10-39(69-9-8-38(57)62-54(69)78)90-33(28)17-89-104(109,110)99-32-13-41(71-16-26(6)49(75)68-56(71)80)92-37(32)21-88-102(83,107)97-30-12-42(72-22-60-44-46(72)63-52(58)65-50(44)76)93-35(30)19-87-101(82,106)96-29-11-40(70-15-25(5)48(74)67-55(70)79)91-34(29)18-86-103(84,108)98-31-14-43(94-36(31)20-85-100(81,105)95-24(3)4)73-27(7)61-45-47(73)64-53(59)66-51(45)77/h8-9,15-16,22-24,28-37,39-43H,10-14,17-21H2,1-7H3,(H,81,105)(H,82,106)(H,83,107)(H,84,108)(H,109,110)(H2,57,62,78)(H,67,74,79)(H,68,75,80)(H3,58,63,65,76)(H3,59,64,66,77)/p-5/t28?,29?,30?,31?,32?,33-,34-,35-,36-,37-,39-,40-,41-,42-,43-,100?,101?,102?,103?/m1/s1. The molecule has 0 spiro atoms. The fourth-order valence-corrected chi connectivity index (χ4v) is 21.0. The molecule has 7 aromatic heterocycles. The third-order valence-electron chi connectivity index (χ3n) is 18.1. The van der Waals surface area contributed by atoms with Crippen LogP contribution < -0.4 is 71.2 Å². The second-order valence-corrected chi connectivity index (χ2v) is 42.4. The lowest BCUT2D eigenvalue weighted by molar-refractivity contribution is -0.220. The van der Waals surface area contributed by atoms with Gasteiger partial charge in [-0.1, -0.05) is 61.1 Å². The number of aromatic amines is 4. The van der Waals surface area contributed by atoms with Gasteiger partial charge in [0.1, 0.15) is 87.4 Å². The molecule has 0 bridgehead atoms. The minimum atomic E-state index is -4.92. The van der Waals surface area contributed by atoms with Crippen molar-refractivity contribution in [2.45, 2.75) is 173 Å². The number of nitrogens with zero attached hydrogens (tertiary/aromatic N) is 10. The van der Waals surface area contributed by atoms with Crippen molar-refractivity contribution in [1.82, 2.24) is 67.7 Å². The second kappa shape index (κ2) is 33.8. The average Bonchev–Trinajstić information content (AvgIpc) is 1.61. The molecule has 0 saturated carbocycles. The molecule has 10 unspecified atom stereocenters. The van der Waals surface area contributed by atoms with Crippen LogP contribution in [0.5, 0.6) is 0 Å². The normalized spacial score (nSPS) is 28.6. The largest absolute Gasteiger partial charge is 0.780 e. The Morgan fingerprint density at radius 1 is 0.536 bits per heavy atom. The number of hydrogen-bond donors (Lipinski definition) is 7. The summed E-state index contributed by atoms with van der Waals surface area (Å²) in [5.74, 6) is -0.457. The second-order valence-electron chi connectivity index (χ2n) is 26.6. The Morgan fingerprint density at radius 2 is 0.982 bits per heavy atom. The quantitative estimate of drug-likeness (QED) is 0.0226. The minimum absolute atomic E-state index is 0.000118. The molecule has 5 saturated heterocycles. The molecule has 7 aromatic rings. The van der Waals surface area contributed by atoms with Crippen molar-refractivity contribution in [1.29, 1.82) is 0 Å². The molecular weight excluding hydrogens is 1670 g/mol. The van der Waals surface area contributed by atoms with Crippen LogP contribution in [0.1, 0.15) is 108 Å². The lowest BCUT2D eigenvalue weighted by Gasteiger charge is -2.36. The van der Waals surface area contributed by atoms with Crippen LogP contribution in [0.25, 0.3) is 22.3 Å². The maximum atomic E-state index is 14.7. The Balaban J connectivity index is 0.760. The molecule has 0 aliphatic carbocycles. The summed E-state index contributed by atoms with van der Waals surface area (Å²) in [7, 11) is 0. The molecule has 5 aliphatic heterocycles. The van der Waals surface area contributed by atoms with E-state index in [1.54, 1.807) is 20.8 Å². The maximum Gasteiger partial charge on any atom is 0.351 e. The molecule has 20 atom stereocenters. The minimum Gasteiger partial charge on any atom is -0.780 e. The highest BCUT2D eigenvalue weighted by molar-refractivity contribution is 8.51. The van der Waals surface area contributed by atoms with E-state index in [4.69, 9.17) is 158 Å². The number of anilines is 3. The lowest BCUT2D eigenvalue weighted by Crippen LogP contribution is -2.34. The van der Waals surface area contributed by atoms with Crippen LogP contribution in [0.2, 0.25) is 0 Å². The molecule has 5 fully saturated rings. The summed E-state index contributed by atoms with van der Waals surface area (Å²) in [5, 5.41) is 0. The molecule has 54 heteroatoms. The van der Waals surface area contributed by atoms with Crippen LogP contribution in [-0.4, -0.2) is 162 Å². The zero-order chi connectivity index (χ0) is 79.6. The van der Waals surface area contributed by atoms with Crippen LogP contribution in [-0.2, 0) is 145 Å². The summed E-state index contributed by atoms with van der Waals surface area (Å²) >= 11 is 33.2. The maximum absolute atomic E-state index is 14.7. The van der Waals surface area contributed by atoms with E-state index in [1.165, 1.54) is 58.5 Å². The molecular formula is C56H73N17O26P5S6-5. The first kappa shape index (κ1) is 84.5. The van der Waals surface area contributed by atoms with E-state index in [9.17, 15) is 52.8 Å². The number of nitrogens with two attached hydrogens (primary N) is 3. The summed E-state index contributed by atoms with van der Waals surface area (Å²) in [5.41, 5.74) is 8.44. The molecule has 0 amide bonds. The Morgan fingerprint density at radius 3 is 1.51 bits per heavy atom. The number of ether oxygens (including phenoxy) is 5. The monoisotopic (exact) mass is 1750 g/mol. The van der Waals surface area contributed by atoms with Crippen LogP contribution in [0, 0.1) is 32.6 Å². The Hall–Kier alpha value is -4.85. The number of nitrogen functional groups attached to an aromatic ring is 3. The highest BCUT2D eigenvalue weighted by atomic mass is 32.9. The zero-order valence-corrected chi connectivity index (χ0v) is 68.1. The fourth-order valence-electron chi connectivity index (χ4n) is 13.1. The number of fused-ring (bicyclic) bond motifs is 2. The van der Waals surface area contributed by atoms with Crippen LogP contribution in [0.15, 0.2) is 64.5 Å². The van der Waals surface area contributed by atoms with Gasteiger partial charge in [-0.05, 0) is 58.9 Å². The van der Waals surface area contributed by atoms with Gasteiger partial charge in [-0.2, -0.15) is 15.0 Å². The summed E-state index contributed by atoms with van der Waals surface area (Å²) in [6, 6.07) is 1.46. The summed E-state index contributed by atoms with van der Waals surface area (Å²) in [6.45, 7) is -10.4. The van der Waals surface area contributed by atoms with Gasteiger partial charge in [-0.15, -0.1) is 0 Å². The lowest BCUT2D eigenvalue weighted by atomic mass is 9.89. The van der Waals surface area contributed by atoms with Gasteiger partial charge in [0.15, 0.2) is 29.1 Å². The van der Waals surface area contributed by atoms with Crippen molar-refractivity contribution in [3.8, 4) is 0 Å². The third kappa shape index (κ3) is 20.0. The van der Waals surface area contributed by atoms with Gasteiger partial charge in [0.2, 0.25) is 11.9 Å². The smallest absolute Gasteiger partial charge is 0.351 e. The van der Waals surface area contributed by atoms with E-state index in [-0.39, 0.29) is 94.7 Å². The van der Waals surface area contributed by atoms with E-state index in [1.807, 2.05) is 13.8 Å². The number of aryl methyl sites for hydroxylation is 3. The number of nitrogens with one attached hydrogen (secondary N) is 4. The molecule has 43 nitrogen and oxygen atoms in total. The van der Waals surface area contributed by atoms with Gasteiger partial charge in [0, 0.05) is 55.4 Å². The summed E-state index contributed by atoms with van der Waals surface area (Å²) in [4.78, 5) is 163. The highest BCUT2D eigenvalue weighted by Crippen LogP contribution is 2.56. The van der Waals surface area contributed by atoms with Crippen molar-refractivity contribution in [2.24, 2.45) is 11.8 Å². The van der Waals surface area contributed by atoms with E-state index >= 15 is 0 Å². The Kier molecular flexibility index (Phi) is 26.0. The first-order valence-corrected chi connectivity index (χ1v) is 47.4. The van der Waals surface area contributed by atoms with Crippen molar-refractivity contribution in [3.05, 3.63) is 121 Å². The van der Waals surface area contributed by atoms with Crippen molar-refractivity contribution in [3.63, 3.8) is 0 Å². The molecule has 12 rings (SSSR count). The van der Waals surface area contributed by atoms with Gasteiger partial charge in [-0.25, -0.2) is 24.4 Å². The van der Waals surface area contributed by atoms with Gasteiger partial charge in [-0.3, -0.25) is 66.5 Å². The Bertz CT molecular complexity index is 5340. The van der Waals surface area contributed by atoms with Crippen LogP contribution >= 0.6 is 32.6 Å². The Labute approximate surface area is 651 Å². The number of rotatable bonds is 31. The van der Waals surface area contributed by atoms with Crippen molar-refractivity contribution < 1.29 is 88.2 Å². The molecule has 5 aliphatic rings. The van der Waals surface area contributed by atoms with Gasteiger partial charge >= 0.3 is 17.1 Å². The third-order valence-corrected chi connectivity index (χ3v) is 26.7. The average molecular weight is 1750 g/mol. The van der Waals surface area contributed by atoms with E-state index in [0.717, 1.165) is 9.13 Å². The van der Waals surface area contributed by atoms with E-state index in [2.05, 4.69) is 44.9 Å². The molecule has 0 aromatic carbocycles. The molecule has 110 heavy (non-hydrogen) atoms. The molecule has 604 valence electrons. The molecule has 12 heterocycles. The molecule has 10 N–H and O–H groups in total. The fraction of sp³-hybridized carbons (Fsp3) is 0.607. The zero-order valence-electron chi connectivity index (χ0n) is 58.8. The first-order chi connectivity index (χ1) is 51.6. The number of hydrogen-bond acceptors (Lipinski definition) is 40. The van der Waals surface area contributed by atoms with Crippen LogP contribution in [0.3, 0.4) is 0 Å². The van der Waals surface area contributed by atoms with Crippen molar-refractivity contribution in [2.75, 3.05) is 50.2 Å². The number of aromatic nitrogens is 14. The predicted molar refractivity (Wildman–Crippen MR) is 401 cm³/mol. The number of H-pyrrole nitrogens is 4. The van der Waals surface area contributed by atoms with Crippen molar-refractivity contribution >= 4 is 144 Å². The van der Waals surface area contributed by atoms with Gasteiger partial charge in [0.25, 0.3) is 22.2 Å². The highest BCUT2D eigenvalue weighted by Gasteiger charge is 2.47. The van der Waals surface area contributed by atoms with Gasteiger partial charge in [0.05, 0.1) is 81.7 Å². The topological polar surface area (TPSA) is 575 Å². The van der Waals surface area contributed by atoms with E-state index < -0.39 is 197 Å². The SMILES string of the molecule is Cc1cn([C@H]2CC(OP([O-])(=S)OC[C@H]3O[C@@H](n4cnc5c(=O)[nH]c(N)nc54)CC3OP(=O)([S-])OC[C@H]3O[C@@H](n4cc(C)c(=O)[nH]c4=O)CC3OP(=S)([S-])OC[C@H]3O[C@@H](n4ccc(N)nc4=O)CC3C(C)C)[C@@H](COP([O-])(=S)OC3C[C@H](n4c(C)nc5c(=O)[nH]c(N)nc54)O[C@@H]3COP([O-])(=S)OC(C)C)O2)c(=O)[nH]c1=O. The number of imidazole rings is 2. The van der Waals surface area contributed by atoms with Gasteiger partial charge < -0.3 is 125 Å². The van der Waals surface area contributed by atoms with Crippen LogP contribution in [0.4, 0.5) is 17.7 Å².